The molecule has 8 heteroatoms. The Morgan fingerprint density at radius 3 is 1.69 bits per heavy atom. The maximum Gasteiger partial charge on any atom is 0.394 e. The third kappa shape index (κ3) is 167. The Kier molecular flexibility index (Phi) is 24.7. The van der Waals surface area contributed by atoms with E-state index < -0.39 is 10.4 Å². The first-order valence-electron chi connectivity index (χ1n) is 2.59. The molecule has 0 amide bonds. The van der Waals surface area contributed by atoms with Crippen LogP contribution in [0.15, 0.2) is 12.7 Å². The molecular weight excluding hydrogens is 200 g/mol. The summed E-state index contributed by atoms with van der Waals surface area (Å²) >= 11 is 0. The van der Waals surface area contributed by atoms with E-state index in [1.807, 2.05) is 0 Å². The van der Waals surface area contributed by atoms with Gasteiger partial charge in [0, 0.05) is 6.61 Å². The van der Waals surface area contributed by atoms with Crippen LogP contribution in [0.2, 0.25) is 0 Å². The second-order valence-electron chi connectivity index (χ2n) is 1.31. The average Bonchev–Trinajstić information content (AvgIpc) is 1.79. The molecule has 0 saturated heterocycles. The van der Waals surface area contributed by atoms with Crippen LogP contribution in [0.4, 0.5) is 0 Å². The van der Waals surface area contributed by atoms with Crippen molar-refractivity contribution in [3.8, 4) is 0 Å². The standard InChI is InChI=1S/C5H9O.2H3N.H2O4S/c1-3-5-6-4-2;;;1-5(2,3)4/h3H,1-2,4-5H2;2*1H3;(H2,1,2,3,4). The first-order valence-corrected chi connectivity index (χ1v) is 3.99. The topological polar surface area (TPSA) is 154 Å². The van der Waals surface area contributed by atoms with Gasteiger partial charge >= 0.3 is 10.4 Å². The van der Waals surface area contributed by atoms with Gasteiger partial charge < -0.3 is 17.0 Å². The summed E-state index contributed by atoms with van der Waals surface area (Å²) in [4.78, 5) is 0. The molecule has 0 aromatic carbocycles. The van der Waals surface area contributed by atoms with Crippen molar-refractivity contribution in [1.29, 1.82) is 0 Å². The van der Waals surface area contributed by atoms with E-state index in [1.54, 1.807) is 6.08 Å². The van der Waals surface area contributed by atoms with E-state index in [4.69, 9.17) is 22.3 Å². The van der Waals surface area contributed by atoms with Crippen LogP contribution in [0.25, 0.3) is 0 Å². The molecule has 7 nitrogen and oxygen atoms in total. The summed E-state index contributed by atoms with van der Waals surface area (Å²) in [6.45, 7) is 8.05. The fourth-order valence-corrected chi connectivity index (χ4v) is 0.167. The van der Waals surface area contributed by atoms with E-state index in [-0.39, 0.29) is 12.3 Å². The van der Waals surface area contributed by atoms with Crippen LogP contribution in [0, 0.1) is 6.92 Å². The molecule has 8 N–H and O–H groups in total. The van der Waals surface area contributed by atoms with Crippen molar-refractivity contribution >= 4 is 10.4 Å². The van der Waals surface area contributed by atoms with Crippen molar-refractivity contribution in [2.24, 2.45) is 0 Å². The lowest BCUT2D eigenvalue weighted by atomic mass is 10.7. The summed E-state index contributed by atoms with van der Waals surface area (Å²) in [5, 5.41) is 0. The van der Waals surface area contributed by atoms with Crippen molar-refractivity contribution in [2.75, 3.05) is 13.2 Å². The Labute approximate surface area is 78.5 Å². The molecule has 0 unspecified atom stereocenters. The highest BCUT2D eigenvalue weighted by atomic mass is 32.3. The highest BCUT2D eigenvalue weighted by Gasteiger charge is 1.84. The minimum Gasteiger partial charge on any atom is -0.377 e. The highest BCUT2D eigenvalue weighted by Crippen LogP contribution is 1.68. The quantitative estimate of drug-likeness (QED) is 0.308. The molecule has 0 heterocycles. The van der Waals surface area contributed by atoms with Crippen molar-refractivity contribution in [2.45, 2.75) is 0 Å². The lowest BCUT2D eigenvalue weighted by Crippen LogP contribution is -1.89. The first kappa shape index (κ1) is 22.9. The number of hydrogen-bond donors (Lipinski definition) is 4. The molecule has 0 bridgehead atoms. The van der Waals surface area contributed by atoms with Gasteiger partial charge in [0.05, 0.1) is 6.61 Å². The van der Waals surface area contributed by atoms with E-state index >= 15 is 0 Å². The molecule has 0 aliphatic heterocycles. The molecule has 0 aromatic rings. The molecular formula is C5H17N2O5S. The fraction of sp³-hybridized carbons (Fsp3) is 0.400. The Morgan fingerprint density at radius 1 is 1.31 bits per heavy atom. The predicted octanol–water partition coefficient (Wildman–Crippen LogP) is 0.694. The average molecular weight is 217 g/mol. The molecule has 1 radical (unpaired) electrons. The summed E-state index contributed by atoms with van der Waals surface area (Å²) in [7, 11) is -4.67. The van der Waals surface area contributed by atoms with Gasteiger partial charge in [0.25, 0.3) is 0 Å². The van der Waals surface area contributed by atoms with E-state index in [0.717, 1.165) is 0 Å². The van der Waals surface area contributed by atoms with Crippen LogP contribution in [0.5, 0.6) is 0 Å². The largest absolute Gasteiger partial charge is 0.394 e. The third-order valence-corrected chi connectivity index (χ3v) is 0.380. The summed E-state index contributed by atoms with van der Waals surface area (Å²) in [5.74, 6) is 0. The molecule has 13 heavy (non-hydrogen) atoms. The SMILES string of the molecule is N.N.O=S(=O)(O)O.[CH2]COCC=C. The maximum absolute atomic E-state index is 8.74. The lowest BCUT2D eigenvalue weighted by molar-refractivity contribution is 0.192. The van der Waals surface area contributed by atoms with Crippen LogP contribution in [0.1, 0.15) is 0 Å². The van der Waals surface area contributed by atoms with Gasteiger partial charge in [0.15, 0.2) is 0 Å². The lowest BCUT2D eigenvalue weighted by Gasteiger charge is -1.88. The monoisotopic (exact) mass is 217 g/mol. The van der Waals surface area contributed by atoms with Crippen molar-refractivity contribution in [3.63, 3.8) is 0 Å². The molecule has 0 aliphatic carbocycles. The normalized spacial score (nSPS) is 8.23. The molecule has 0 spiro atoms. The Morgan fingerprint density at radius 2 is 1.62 bits per heavy atom. The summed E-state index contributed by atoms with van der Waals surface area (Å²) < 4.78 is 36.3. The molecule has 0 atom stereocenters. The van der Waals surface area contributed by atoms with Gasteiger partial charge in [0.1, 0.15) is 0 Å². The van der Waals surface area contributed by atoms with Gasteiger partial charge in [-0.15, -0.1) is 6.58 Å². The van der Waals surface area contributed by atoms with Gasteiger partial charge in [-0.1, -0.05) is 6.08 Å². The summed E-state index contributed by atoms with van der Waals surface area (Å²) in [6, 6.07) is 0. The van der Waals surface area contributed by atoms with Gasteiger partial charge in [0.2, 0.25) is 0 Å². The van der Waals surface area contributed by atoms with Crippen LogP contribution in [-0.4, -0.2) is 30.7 Å². The molecule has 0 fully saturated rings. The van der Waals surface area contributed by atoms with Crippen molar-refractivity contribution in [1.82, 2.24) is 12.3 Å². The van der Waals surface area contributed by atoms with Crippen LogP contribution < -0.4 is 12.3 Å². The van der Waals surface area contributed by atoms with E-state index in [0.29, 0.717) is 13.2 Å². The molecule has 0 rings (SSSR count). The number of hydrogen-bond acceptors (Lipinski definition) is 5. The molecule has 0 aliphatic rings. The summed E-state index contributed by atoms with van der Waals surface area (Å²) in [5.41, 5.74) is 0. The zero-order valence-corrected chi connectivity index (χ0v) is 8.16. The predicted molar refractivity (Wildman–Crippen MR) is 50.6 cm³/mol. The van der Waals surface area contributed by atoms with Crippen molar-refractivity contribution < 1.29 is 22.3 Å². The van der Waals surface area contributed by atoms with E-state index in [9.17, 15) is 0 Å². The molecule has 0 aromatic heterocycles. The molecule has 0 saturated carbocycles. The zero-order chi connectivity index (χ0) is 9.33. The third-order valence-electron chi connectivity index (χ3n) is 0.380. The Balaban J connectivity index is -0.0000000546. The summed E-state index contributed by atoms with van der Waals surface area (Å²) in [6.07, 6.45) is 1.70. The van der Waals surface area contributed by atoms with Crippen LogP contribution >= 0.6 is 0 Å². The molecule has 83 valence electrons. The van der Waals surface area contributed by atoms with Gasteiger partial charge in [-0.3, -0.25) is 9.11 Å². The zero-order valence-electron chi connectivity index (χ0n) is 7.35. The minimum absolute atomic E-state index is 0. The van der Waals surface area contributed by atoms with Crippen LogP contribution in [0.3, 0.4) is 0 Å². The maximum atomic E-state index is 8.74. The van der Waals surface area contributed by atoms with Crippen LogP contribution in [-0.2, 0) is 15.1 Å². The van der Waals surface area contributed by atoms with Crippen molar-refractivity contribution in [3.05, 3.63) is 19.6 Å². The number of rotatable bonds is 3. The van der Waals surface area contributed by atoms with Gasteiger partial charge in [-0.05, 0) is 6.92 Å². The Hall–Kier alpha value is -0.510. The smallest absolute Gasteiger partial charge is 0.377 e. The van der Waals surface area contributed by atoms with E-state index in [2.05, 4.69) is 13.5 Å². The highest BCUT2D eigenvalue weighted by molar-refractivity contribution is 7.79. The fourth-order valence-electron chi connectivity index (χ4n) is 0.167. The second-order valence-corrected chi connectivity index (χ2v) is 2.21. The second kappa shape index (κ2) is 14.0. The Bertz CT molecular complexity index is 171. The first-order chi connectivity index (χ1) is 4.91. The van der Waals surface area contributed by atoms with Gasteiger partial charge in [-0.25, -0.2) is 0 Å². The minimum atomic E-state index is -4.67. The van der Waals surface area contributed by atoms with E-state index in [1.165, 1.54) is 0 Å². The van der Waals surface area contributed by atoms with Gasteiger partial charge in [-0.2, -0.15) is 8.42 Å². The number of ether oxygens (including phenoxy) is 1.